The maximum Gasteiger partial charge on any atom is 0.337 e. The average molecular weight is 249 g/mol. The van der Waals surface area contributed by atoms with E-state index in [2.05, 4.69) is 24.9 Å². The highest BCUT2D eigenvalue weighted by atomic mass is 16.5. The van der Waals surface area contributed by atoms with Crippen molar-refractivity contribution in [1.82, 2.24) is 4.90 Å². The van der Waals surface area contributed by atoms with Crippen LogP contribution in [0.25, 0.3) is 0 Å². The predicted octanol–water partition coefficient (Wildman–Crippen LogP) is 3.01. The molecule has 0 heterocycles. The molecule has 1 rings (SSSR count). The lowest BCUT2D eigenvalue weighted by Gasteiger charge is -2.17. The van der Waals surface area contributed by atoms with Gasteiger partial charge < -0.3 is 9.64 Å². The fraction of sp³-hybridized carbons (Fsp3) is 0.533. The van der Waals surface area contributed by atoms with Crippen molar-refractivity contribution in [3.05, 3.63) is 34.9 Å². The Labute approximate surface area is 110 Å². The second kappa shape index (κ2) is 7.17. The number of carbonyl (C=O) groups is 1. The van der Waals surface area contributed by atoms with Gasteiger partial charge in [0.25, 0.3) is 0 Å². The first-order chi connectivity index (χ1) is 8.56. The largest absolute Gasteiger partial charge is 0.465 e. The molecule has 18 heavy (non-hydrogen) atoms. The smallest absolute Gasteiger partial charge is 0.337 e. The Balaban J connectivity index is 2.76. The van der Waals surface area contributed by atoms with Gasteiger partial charge in [-0.3, -0.25) is 0 Å². The number of aryl methyl sites for hydroxylation is 1. The molecule has 0 N–H and O–H groups in total. The van der Waals surface area contributed by atoms with Crippen LogP contribution >= 0.6 is 0 Å². The van der Waals surface area contributed by atoms with E-state index in [0.717, 1.165) is 24.2 Å². The lowest BCUT2D eigenvalue weighted by atomic mass is 10.1. The first kappa shape index (κ1) is 14.7. The number of methoxy groups -OCH3 is 1. The van der Waals surface area contributed by atoms with Crippen LogP contribution in [-0.2, 0) is 11.3 Å². The Morgan fingerprint density at radius 3 is 2.67 bits per heavy atom. The van der Waals surface area contributed by atoms with E-state index in [9.17, 15) is 4.79 Å². The summed E-state index contributed by atoms with van der Waals surface area (Å²) < 4.78 is 4.76. The van der Waals surface area contributed by atoms with E-state index in [4.69, 9.17) is 4.74 Å². The van der Waals surface area contributed by atoms with Crippen molar-refractivity contribution in [1.29, 1.82) is 0 Å². The predicted molar refractivity (Wildman–Crippen MR) is 73.8 cm³/mol. The molecule has 1 aromatic carbocycles. The number of carbonyl (C=O) groups excluding carboxylic acids is 1. The van der Waals surface area contributed by atoms with E-state index in [0.29, 0.717) is 5.56 Å². The molecule has 0 aromatic heterocycles. The van der Waals surface area contributed by atoms with Gasteiger partial charge >= 0.3 is 5.97 Å². The van der Waals surface area contributed by atoms with Gasteiger partial charge in [-0.05, 0) is 50.2 Å². The Morgan fingerprint density at radius 2 is 2.06 bits per heavy atom. The summed E-state index contributed by atoms with van der Waals surface area (Å²) >= 11 is 0. The van der Waals surface area contributed by atoms with Crippen molar-refractivity contribution in [3.63, 3.8) is 0 Å². The van der Waals surface area contributed by atoms with Crippen LogP contribution in [0.1, 0.15) is 41.3 Å². The lowest BCUT2D eigenvalue weighted by Crippen LogP contribution is -2.19. The van der Waals surface area contributed by atoms with Crippen molar-refractivity contribution in [2.24, 2.45) is 0 Å². The summed E-state index contributed by atoms with van der Waals surface area (Å²) in [5, 5.41) is 0. The van der Waals surface area contributed by atoms with Crippen LogP contribution in [0.4, 0.5) is 0 Å². The van der Waals surface area contributed by atoms with E-state index in [-0.39, 0.29) is 5.97 Å². The maximum absolute atomic E-state index is 11.5. The normalized spacial score (nSPS) is 10.7. The molecule has 0 aliphatic carbocycles. The zero-order valence-corrected chi connectivity index (χ0v) is 11.8. The molecule has 0 unspecified atom stereocenters. The van der Waals surface area contributed by atoms with Crippen molar-refractivity contribution >= 4 is 5.97 Å². The van der Waals surface area contributed by atoms with Crippen LogP contribution < -0.4 is 0 Å². The fourth-order valence-corrected chi connectivity index (χ4v) is 2.01. The zero-order valence-electron chi connectivity index (χ0n) is 11.8. The first-order valence-electron chi connectivity index (χ1n) is 6.44. The van der Waals surface area contributed by atoms with Gasteiger partial charge in [0.1, 0.15) is 0 Å². The van der Waals surface area contributed by atoms with Gasteiger partial charge in [0.05, 0.1) is 12.7 Å². The number of unbranched alkanes of at least 4 members (excludes halogenated alkanes) is 1. The average Bonchev–Trinajstić information content (AvgIpc) is 2.34. The number of nitrogens with zero attached hydrogens (tertiary/aromatic N) is 1. The first-order valence-corrected chi connectivity index (χ1v) is 6.44. The number of esters is 1. The summed E-state index contributed by atoms with van der Waals surface area (Å²) in [6.07, 6.45) is 2.40. The summed E-state index contributed by atoms with van der Waals surface area (Å²) in [4.78, 5) is 13.8. The van der Waals surface area contributed by atoms with Crippen LogP contribution in [0, 0.1) is 6.92 Å². The van der Waals surface area contributed by atoms with Gasteiger partial charge in [-0.25, -0.2) is 4.79 Å². The van der Waals surface area contributed by atoms with Crippen LogP contribution in [0.5, 0.6) is 0 Å². The van der Waals surface area contributed by atoms with Gasteiger partial charge in [0, 0.05) is 6.54 Å². The number of rotatable bonds is 6. The summed E-state index contributed by atoms with van der Waals surface area (Å²) in [7, 11) is 3.52. The summed E-state index contributed by atoms with van der Waals surface area (Å²) in [5.41, 5.74) is 2.89. The van der Waals surface area contributed by atoms with Crippen LogP contribution in [0.3, 0.4) is 0 Å². The lowest BCUT2D eigenvalue weighted by molar-refractivity contribution is 0.0600. The molecule has 1 aromatic rings. The van der Waals surface area contributed by atoms with E-state index in [1.165, 1.54) is 20.0 Å². The minimum absolute atomic E-state index is 0.267. The summed E-state index contributed by atoms with van der Waals surface area (Å²) in [6.45, 7) is 6.14. The van der Waals surface area contributed by atoms with Crippen LogP contribution in [-0.4, -0.2) is 31.6 Å². The molecule has 0 aliphatic rings. The molecule has 0 aliphatic heterocycles. The van der Waals surface area contributed by atoms with E-state index >= 15 is 0 Å². The fourth-order valence-electron chi connectivity index (χ4n) is 2.01. The van der Waals surface area contributed by atoms with Gasteiger partial charge in [-0.15, -0.1) is 0 Å². The molecule has 0 atom stereocenters. The monoisotopic (exact) mass is 249 g/mol. The summed E-state index contributed by atoms with van der Waals surface area (Å²) in [5.74, 6) is -0.267. The molecule has 0 saturated heterocycles. The molecule has 0 fully saturated rings. The van der Waals surface area contributed by atoms with Crippen LogP contribution in [0.15, 0.2) is 18.2 Å². The third-order valence-electron chi connectivity index (χ3n) is 2.90. The van der Waals surface area contributed by atoms with Crippen molar-refractivity contribution in [2.45, 2.75) is 33.2 Å². The second-order valence-corrected chi connectivity index (χ2v) is 4.79. The van der Waals surface area contributed by atoms with Gasteiger partial charge in [0.2, 0.25) is 0 Å². The van der Waals surface area contributed by atoms with Crippen molar-refractivity contribution in [3.8, 4) is 0 Å². The molecule has 3 nitrogen and oxygen atoms in total. The highest BCUT2D eigenvalue weighted by Crippen LogP contribution is 2.13. The Bertz CT molecular complexity index is 401. The van der Waals surface area contributed by atoms with Crippen LogP contribution in [0.2, 0.25) is 0 Å². The Morgan fingerprint density at radius 1 is 1.33 bits per heavy atom. The molecule has 0 amide bonds. The highest BCUT2D eigenvalue weighted by Gasteiger charge is 2.08. The van der Waals surface area contributed by atoms with E-state index in [1.807, 2.05) is 19.1 Å². The quantitative estimate of drug-likeness (QED) is 0.726. The standard InChI is InChI=1S/C15H23NO2/c1-5-6-7-16(3)11-13-8-12(2)9-14(10-13)15(17)18-4/h8-10H,5-7,11H2,1-4H3. The molecular weight excluding hydrogens is 226 g/mol. The van der Waals surface area contributed by atoms with E-state index in [1.54, 1.807) is 0 Å². The molecule has 0 spiro atoms. The third-order valence-corrected chi connectivity index (χ3v) is 2.90. The SMILES string of the molecule is CCCCN(C)Cc1cc(C)cc(C(=O)OC)c1. The Kier molecular flexibility index (Phi) is 5.86. The molecular formula is C15H23NO2. The maximum atomic E-state index is 11.5. The molecule has 0 radical (unpaired) electrons. The molecule has 100 valence electrons. The minimum Gasteiger partial charge on any atom is -0.465 e. The molecule has 0 bridgehead atoms. The zero-order chi connectivity index (χ0) is 13.5. The Hall–Kier alpha value is -1.35. The summed E-state index contributed by atoms with van der Waals surface area (Å²) in [6, 6.07) is 5.90. The molecule has 3 heteroatoms. The van der Waals surface area contributed by atoms with Crippen molar-refractivity contribution in [2.75, 3.05) is 20.7 Å². The van der Waals surface area contributed by atoms with Gasteiger partial charge in [-0.1, -0.05) is 19.4 Å². The van der Waals surface area contributed by atoms with Crippen molar-refractivity contribution < 1.29 is 9.53 Å². The number of hydrogen-bond acceptors (Lipinski definition) is 3. The highest BCUT2D eigenvalue weighted by molar-refractivity contribution is 5.89. The van der Waals surface area contributed by atoms with Gasteiger partial charge in [0.15, 0.2) is 0 Å². The van der Waals surface area contributed by atoms with E-state index < -0.39 is 0 Å². The number of ether oxygens (including phenoxy) is 1. The van der Waals surface area contributed by atoms with Gasteiger partial charge in [-0.2, -0.15) is 0 Å². The second-order valence-electron chi connectivity index (χ2n) is 4.79. The minimum atomic E-state index is -0.267. The topological polar surface area (TPSA) is 29.5 Å². The molecule has 0 saturated carbocycles. The number of benzene rings is 1. The third kappa shape index (κ3) is 4.49. The number of hydrogen-bond donors (Lipinski definition) is 0.